The number of carboxylic acid groups (broad SMARTS) is 1. The Hall–Kier alpha value is -1.58. The van der Waals surface area contributed by atoms with Gasteiger partial charge in [-0.15, -0.1) is 0 Å². The van der Waals surface area contributed by atoms with Gasteiger partial charge in [0.15, 0.2) is 0 Å². The average Bonchev–Trinajstić information content (AvgIpc) is 2.85. The van der Waals surface area contributed by atoms with E-state index >= 15 is 0 Å². The number of anilines is 1. The number of carbonyl (C=O) groups is 1. The Morgan fingerprint density at radius 1 is 1.47 bits per heavy atom. The standard InChI is InChI=1S/C15H22N2O2/c1-3-15(6-4-5-7-15)10-17-13-8-11(2)16-9-12(13)14(18)19/h8-9H,3-7,10H2,1-2H3,(H,16,17)(H,18,19). The predicted octanol–water partition coefficient (Wildman–Crippen LogP) is 3.47. The van der Waals surface area contributed by atoms with E-state index in [4.69, 9.17) is 0 Å². The lowest BCUT2D eigenvalue weighted by molar-refractivity contribution is 0.0697. The molecule has 0 aliphatic heterocycles. The van der Waals surface area contributed by atoms with Crippen molar-refractivity contribution in [2.45, 2.75) is 46.0 Å². The molecule has 19 heavy (non-hydrogen) atoms. The molecule has 1 aliphatic rings. The minimum absolute atomic E-state index is 0.259. The quantitative estimate of drug-likeness (QED) is 0.853. The maximum atomic E-state index is 11.2. The van der Waals surface area contributed by atoms with Gasteiger partial charge in [0.25, 0.3) is 0 Å². The van der Waals surface area contributed by atoms with Gasteiger partial charge in [-0.2, -0.15) is 0 Å². The lowest BCUT2D eigenvalue weighted by Gasteiger charge is -2.28. The van der Waals surface area contributed by atoms with Gasteiger partial charge in [0.1, 0.15) is 5.56 Å². The third-order valence-electron chi connectivity index (χ3n) is 4.34. The van der Waals surface area contributed by atoms with Crippen LogP contribution in [0, 0.1) is 12.3 Å². The van der Waals surface area contributed by atoms with Gasteiger partial charge in [-0.1, -0.05) is 19.8 Å². The number of rotatable bonds is 5. The van der Waals surface area contributed by atoms with Gasteiger partial charge >= 0.3 is 5.97 Å². The summed E-state index contributed by atoms with van der Waals surface area (Å²) in [6.07, 6.45) is 7.64. The van der Waals surface area contributed by atoms with Crippen LogP contribution >= 0.6 is 0 Å². The number of aryl methyl sites for hydroxylation is 1. The summed E-state index contributed by atoms with van der Waals surface area (Å²) in [7, 11) is 0. The Morgan fingerprint density at radius 2 is 2.16 bits per heavy atom. The van der Waals surface area contributed by atoms with E-state index in [1.807, 2.05) is 13.0 Å². The van der Waals surface area contributed by atoms with Crippen LogP contribution in [0.3, 0.4) is 0 Å². The molecule has 0 unspecified atom stereocenters. The molecule has 2 N–H and O–H groups in total. The maximum Gasteiger partial charge on any atom is 0.339 e. The van der Waals surface area contributed by atoms with Crippen LogP contribution in [0.4, 0.5) is 5.69 Å². The molecule has 1 aromatic rings. The van der Waals surface area contributed by atoms with Crippen molar-refractivity contribution >= 4 is 11.7 Å². The highest BCUT2D eigenvalue weighted by molar-refractivity contribution is 5.93. The van der Waals surface area contributed by atoms with Crippen molar-refractivity contribution in [2.24, 2.45) is 5.41 Å². The van der Waals surface area contributed by atoms with Crippen molar-refractivity contribution < 1.29 is 9.90 Å². The van der Waals surface area contributed by atoms with E-state index in [0.29, 0.717) is 11.1 Å². The molecule has 0 saturated heterocycles. The fourth-order valence-electron chi connectivity index (χ4n) is 2.94. The second-order valence-electron chi connectivity index (χ2n) is 5.59. The van der Waals surface area contributed by atoms with Gasteiger partial charge < -0.3 is 10.4 Å². The second kappa shape index (κ2) is 5.59. The van der Waals surface area contributed by atoms with E-state index in [0.717, 1.165) is 18.7 Å². The minimum Gasteiger partial charge on any atom is -0.478 e. The lowest BCUT2D eigenvalue weighted by atomic mass is 9.83. The van der Waals surface area contributed by atoms with Gasteiger partial charge in [0, 0.05) is 18.4 Å². The fourth-order valence-corrected chi connectivity index (χ4v) is 2.94. The zero-order valence-corrected chi connectivity index (χ0v) is 11.7. The SMILES string of the molecule is CCC1(CNc2cc(C)ncc2C(=O)O)CCCC1. The number of aromatic carboxylic acids is 1. The molecular weight excluding hydrogens is 240 g/mol. The Bertz CT molecular complexity index is 465. The molecule has 4 nitrogen and oxygen atoms in total. The van der Waals surface area contributed by atoms with Gasteiger partial charge in [-0.25, -0.2) is 4.79 Å². The highest BCUT2D eigenvalue weighted by Gasteiger charge is 2.31. The summed E-state index contributed by atoms with van der Waals surface area (Å²) >= 11 is 0. The van der Waals surface area contributed by atoms with Crippen LogP contribution < -0.4 is 5.32 Å². The smallest absolute Gasteiger partial charge is 0.339 e. The molecule has 1 heterocycles. The van der Waals surface area contributed by atoms with E-state index < -0.39 is 5.97 Å². The Morgan fingerprint density at radius 3 is 2.74 bits per heavy atom. The molecular formula is C15H22N2O2. The second-order valence-corrected chi connectivity index (χ2v) is 5.59. The summed E-state index contributed by atoms with van der Waals surface area (Å²) in [4.78, 5) is 15.3. The maximum absolute atomic E-state index is 11.2. The Balaban J connectivity index is 2.14. The van der Waals surface area contributed by atoms with Gasteiger partial charge in [-0.05, 0) is 37.7 Å². The number of nitrogens with zero attached hydrogens (tertiary/aromatic N) is 1. The lowest BCUT2D eigenvalue weighted by Crippen LogP contribution is -2.26. The average molecular weight is 262 g/mol. The molecule has 1 fully saturated rings. The number of hydrogen-bond donors (Lipinski definition) is 2. The summed E-state index contributed by atoms with van der Waals surface area (Å²) in [6, 6.07) is 1.82. The third-order valence-corrected chi connectivity index (χ3v) is 4.34. The zero-order valence-electron chi connectivity index (χ0n) is 11.7. The van der Waals surface area contributed by atoms with Crippen LogP contribution in [0.5, 0.6) is 0 Å². The first-order valence-electron chi connectivity index (χ1n) is 7.00. The van der Waals surface area contributed by atoms with Crippen LogP contribution in [-0.4, -0.2) is 22.6 Å². The molecule has 104 valence electrons. The normalized spacial score (nSPS) is 17.4. The number of carboxylic acids is 1. The summed E-state index contributed by atoms with van der Waals surface area (Å²) in [5.74, 6) is -0.924. The van der Waals surface area contributed by atoms with Gasteiger partial charge in [-0.3, -0.25) is 4.98 Å². The van der Waals surface area contributed by atoms with Crippen molar-refractivity contribution in [1.82, 2.24) is 4.98 Å². The fraction of sp³-hybridized carbons (Fsp3) is 0.600. The number of hydrogen-bond acceptors (Lipinski definition) is 3. The number of aromatic nitrogens is 1. The van der Waals surface area contributed by atoms with E-state index in [-0.39, 0.29) is 5.56 Å². The summed E-state index contributed by atoms with van der Waals surface area (Å²) in [5.41, 5.74) is 2.13. The van der Waals surface area contributed by atoms with Gasteiger partial charge in [0.2, 0.25) is 0 Å². The Kier molecular flexibility index (Phi) is 4.08. The van der Waals surface area contributed by atoms with E-state index in [9.17, 15) is 9.90 Å². The molecule has 0 atom stereocenters. The first-order chi connectivity index (χ1) is 9.06. The van der Waals surface area contributed by atoms with Crippen molar-refractivity contribution in [2.75, 3.05) is 11.9 Å². The highest BCUT2D eigenvalue weighted by atomic mass is 16.4. The van der Waals surface area contributed by atoms with E-state index in [2.05, 4.69) is 17.2 Å². The predicted molar refractivity (Wildman–Crippen MR) is 75.6 cm³/mol. The monoisotopic (exact) mass is 262 g/mol. The molecule has 4 heteroatoms. The molecule has 1 aromatic heterocycles. The topological polar surface area (TPSA) is 62.2 Å². The molecule has 0 spiro atoms. The number of pyridine rings is 1. The largest absolute Gasteiger partial charge is 0.478 e. The summed E-state index contributed by atoms with van der Waals surface area (Å²) < 4.78 is 0. The molecule has 1 aliphatic carbocycles. The van der Waals surface area contributed by atoms with Crippen LogP contribution in [0.25, 0.3) is 0 Å². The van der Waals surface area contributed by atoms with Crippen molar-refractivity contribution in [3.8, 4) is 0 Å². The highest BCUT2D eigenvalue weighted by Crippen LogP contribution is 2.41. The van der Waals surface area contributed by atoms with Crippen LogP contribution in [0.15, 0.2) is 12.3 Å². The Labute approximate surface area is 114 Å². The zero-order chi connectivity index (χ0) is 13.9. The van der Waals surface area contributed by atoms with Crippen LogP contribution in [-0.2, 0) is 0 Å². The summed E-state index contributed by atoms with van der Waals surface area (Å²) in [6.45, 7) is 4.96. The minimum atomic E-state index is -0.924. The van der Waals surface area contributed by atoms with Crippen LogP contribution in [0.2, 0.25) is 0 Å². The first kappa shape index (κ1) is 13.8. The molecule has 0 aromatic carbocycles. The van der Waals surface area contributed by atoms with E-state index in [1.165, 1.54) is 31.9 Å². The molecule has 0 bridgehead atoms. The van der Waals surface area contributed by atoms with Crippen molar-refractivity contribution in [3.05, 3.63) is 23.5 Å². The van der Waals surface area contributed by atoms with Crippen LogP contribution in [0.1, 0.15) is 55.1 Å². The molecule has 2 rings (SSSR count). The summed E-state index contributed by atoms with van der Waals surface area (Å²) in [5, 5.41) is 12.5. The van der Waals surface area contributed by atoms with Crippen molar-refractivity contribution in [1.29, 1.82) is 0 Å². The number of nitrogens with one attached hydrogen (secondary N) is 1. The van der Waals surface area contributed by atoms with E-state index in [1.54, 1.807) is 0 Å². The third kappa shape index (κ3) is 3.06. The molecule has 1 saturated carbocycles. The molecule has 0 radical (unpaired) electrons. The van der Waals surface area contributed by atoms with Gasteiger partial charge in [0.05, 0.1) is 5.69 Å². The molecule has 0 amide bonds. The first-order valence-corrected chi connectivity index (χ1v) is 7.00. The van der Waals surface area contributed by atoms with Crippen molar-refractivity contribution in [3.63, 3.8) is 0 Å².